The lowest BCUT2D eigenvalue weighted by atomic mass is 9.92. The Morgan fingerprint density at radius 3 is 2.49 bits per heavy atom. The number of likely N-dealkylation sites (tertiary alicyclic amines) is 1. The van der Waals surface area contributed by atoms with Crippen molar-refractivity contribution in [2.24, 2.45) is 18.4 Å². The molecule has 0 bridgehead atoms. The molecular formula is C34H56ClN7O3. The minimum absolute atomic E-state index is 0.0483. The lowest BCUT2D eigenvalue weighted by Gasteiger charge is -2.54. The van der Waals surface area contributed by atoms with Gasteiger partial charge in [-0.1, -0.05) is 40.0 Å². The number of hydrogen-bond acceptors (Lipinski definition) is 7. The Morgan fingerprint density at radius 1 is 1.07 bits per heavy atom. The Bertz CT molecular complexity index is 1370. The Labute approximate surface area is 273 Å². The van der Waals surface area contributed by atoms with E-state index in [0.29, 0.717) is 38.0 Å². The molecule has 1 aromatic carbocycles. The molecule has 4 N–H and O–H groups in total. The number of amides is 1. The first-order valence-corrected chi connectivity index (χ1v) is 17.5. The van der Waals surface area contributed by atoms with Gasteiger partial charge in [0.1, 0.15) is 6.29 Å². The van der Waals surface area contributed by atoms with E-state index in [1.807, 2.05) is 26.8 Å². The van der Waals surface area contributed by atoms with Gasteiger partial charge in [-0.25, -0.2) is 4.79 Å². The monoisotopic (exact) mass is 645 g/mol. The summed E-state index contributed by atoms with van der Waals surface area (Å²) < 4.78 is 3.45. The molecule has 4 atom stereocenters. The predicted octanol–water partition coefficient (Wildman–Crippen LogP) is 4.24. The maximum absolute atomic E-state index is 13.2. The van der Waals surface area contributed by atoms with Crippen LogP contribution >= 0.6 is 11.6 Å². The van der Waals surface area contributed by atoms with Crippen LogP contribution in [0.2, 0.25) is 0 Å². The number of aryl methyl sites for hydroxylation is 2. The van der Waals surface area contributed by atoms with E-state index in [9.17, 15) is 14.7 Å². The molecule has 2 aliphatic heterocycles. The minimum atomic E-state index is -0.862. The Morgan fingerprint density at radius 2 is 1.80 bits per heavy atom. The summed E-state index contributed by atoms with van der Waals surface area (Å²) in [4.78, 5) is 30.9. The van der Waals surface area contributed by atoms with Crippen molar-refractivity contribution >= 4 is 34.2 Å². The average molecular weight is 646 g/mol. The van der Waals surface area contributed by atoms with Crippen LogP contribution in [-0.2, 0) is 18.4 Å². The number of anilines is 1. The van der Waals surface area contributed by atoms with Crippen LogP contribution in [0.3, 0.4) is 0 Å². The first-order chi connectivity index (χ1) is 21.2. The SMILES string of the molecule is Cn1c(=O)n(CCC(C)(C)O)c2cc(NC3C(Cl)CNC(N4CCCC(CNC(=O)C(C)(C)C)C4)N3C3CCCCC3)ccc21. The molecule has 0 spiro atoms. The number of halogens is 1. The highest BCUT2D eigenvalue weighted by molar-refractivity contribution is 6.21. The smallest absolute Gasteiger partial charge is 0.328 e. The molecule has 3 fully saturated rings. The minimum Gasteiger partial charge on any atom is -0.390 e. The Hall–Kier alpha value is -2.11. The normalized spacial score (nSPS) is 26.3. The number of nitrogens with zero attached hydrogens (tertiary/aromatic N) is 4. The van der Waals surface area contributed by atoms with Crippen LogP contribution in [0.15, 0.2) is 23.0 Å². The maximum Gasteiger partial charge on any atom is 0.328 e. The van der Waals surface area contributed by atoms with Crippen LogP contribution < -0.4 is 21.6 Å². The van der Waals surface area contributed by atoms with Crippen LogP contribution in [0.1, 0.15) is 86.0 Å². The van der Waals surface area contributed by atoms with Crippen LogP contribution in [0.4, 0.5) is 5.69 Å². The number of fused-ring (bicyclic) bond motifs is 1. The van der Waals surface area contributed by atoms with Crippen molar-refractivity contribution in [2.75, 3.05) is 31.5 Å². The van der Waals surface area contributed by atoms with Gasteiger partial charge in [0.05, 0.1) is 28.2 Å². The third kappa shape index (κ3) is 8.07. The second-order valence-electron chi connectivity index (χ2n) is 15.3. The molecule has 3 aliphatic rings. The van der Waals surface area contributed by atoms with E-state index >= 15 is 0 Å². The van der Waals surface area contributed by atoms with Gasteiger partial charge in [0.25, 0.3) is 0 Å². The number of aliphatic hydroxyl groups is 1. The zero-order valence-electron chi connectivity index (χ0n) is 28.2. The molecule has 0 radical (unpaired) electrons. The van der Waals surface area contributed by atoms with Gasteiger partial charge in [0.15, 0.2) is 0 Å². The molecule has 2 saturated heterocycles. The average Bonchev–Trinajstić information content (AvgIpc) is 3.23. The van der Waals surface area contributed by atoms with Gasteiger partial charge >= 0.3 is 5.69 Å². The van der Waals surface area contributed by atoms with Crippen LogP contribution in [-0.4, -0.2) is 85.6 Å². The summed E-state index contributed by atoms with van der Waals surface area (Å²) >= 11 is 7.17. The standard InChI is InChI=1S/C34H56ClN7O3/c1-33(2,3)30(43)36-20-23-11-10-17-40(22-23)31-37-21-26(35)29(42(31)25-12-8-7-9-13-25)38-24-14-15-27-28(19-24)41(32(44)39(27)6)18-16-34(4,5)45/h14-15,19,23,25-26,29,31,37-38,45H,7-13,16-18,20-22H2,1-6H3,(H,36,43). The van der Waals surface area contributed by atoms with E-state index in [1.54, 1.807) is 30.0 Å². The van der Waals surface area contributed by atoms with Gasteiger partial charge in [0, 0.05) is 56.9 Å². The molecule has 4 unspecified atom stereocenters. The van der Waals surface area contributed by atoms with Crippen molar-refractivity contribution in [2.45, 2.75) is 122 Å². The van der Waals surface area contributed by atoms with Gasteiger partial charge < -0.3 is 15.7 Å². The highest BCUT2D eigenvalue weighted by atomic mass is 35.5. The van der Waals surface area contributed by atoms with E-state index in [0.717, 1.165) is 55.5 Å². The molecule has 11 heteroatoms. The van der Waals surface area contributed by atoms with Crippen molar-refractivity contribution in [3.05, 3.63) is 28.7 Å². The molecule has 1 aromatic heterocycles. The van der Waals surface area contributed by atoms with Crippen molar-refractivity contribution in [1.29, 1.82) is 0 Å². The second-order valence-corrected chi connectivity index (χ2v) is 15.9. The zero-order chi connectivity index (χ0) is 32.5. The fourth-order valence-corrected chi connectivity index (χ4v) is 7.61. The second kappa shape index (κ2) is 13.9. The molecule has 45 heavy (non-hydrogen) atoms. The number of aromatic nitrogens is 2. The summed E-state index contributed by atoms with van der Waals surface area (Å²) in [7, 11) is 1.80. The molecular weight excluding hydrogens is 590 g/mol. The number of carbonyl (C=O) groups is 1. The summed E-state index contributed by atoms with van der Waals surface area (Å²) in [5, 5.41) is 21.1. The third-order valence-corrected chi connectivity index (χ3v) is 10.4. The fourth-order valence-electron chi connectivity index (χ4n) is 7.32. The molecule has 252 valence electrons. The number of alkyl halides is 1. The molecule has 1 saturated carbocycles. The molecule has 2 aromatic rings. The lowest BCUT2D eigenvalue weighted by Crippen LogP contribution is -2.72. The number of hydrogen-bond donors (Lipinski definition) is 4. The number of piperidine rings is 1. The van der Waals surface area contributed by atoms with Crippen molar-refractivity contribution in [3.8, 4) is 0 Å². The first-order valence-electron chi connectivity index (χ1n) is 17.1. The van der Waals surface area contributed by atoms with Crippen LogP contribution in [0, 0.1) is 11.3 Å². The quantitative estimate of drug-likeness (QED) is 0.302. The summed E-state index contributed by atoms with van der Waals surface area (Å²) in [5.74, 6) is 0.510. The third-order valence-electron chi connectivity index (χ3n) is 9.97. The zero-order valence-corrected chi connectivity index (χ0v) is 29.0. The van der Waals surface area contributed by atoms with Crippen LogP contribution in [0.5, 0.6) is 0 Å². The summed E-state index contributed by atoms with van der Waals surface area (Å²) in [6.45, 7) is 13.2. The van der Waals surface area contributed by atoms with Crippen molar-refractivity contribution in [3.63, 3.8) is 0 Å². The van der Waals surface area contributed by atoms with Gasteiger partial charge in [-0.3, -0.25) is 29.0 Å². The van der Waals surface area contributed by atoms with Crippen molar-refractivity contribution in [1.82, 2.24) is 29.6 Å². The number of carbonyl (C=O) groups excluding carboxylic acids is 1. The highest BCUT2D eigenvalue weighted by Gasteiger charge is 2.44. The Balaban J connectivity index is 1.39. The maximum atomic E-state index is 13.2. The van der Waals surface area contributed by atoms with E-state index < -0.39 is 11.0 Å². The van der Waals surface area contributed by atoms with Gasteiger partial charge in [0.2, 0.25) is 5.91 Å². The number of imidazole rings is 1. The van der Waals surface area contributed by atoms with E-state index in [2.05, 4.69) is 37.9 Å². The topological polar surface area (TPSA) is 107 Å². The largest absolute Gasteiger partial charge is 0.390 e. The Kier molecular flexibility index (Phi) is 10.6. The highest BCUT2D eigenvalue weighted by Crippen LogP contribution is 2.33. The van der Waals surface area contributed by atoms with Crippen molar-refractivity contribution < 1.29 is 9.90 Å². The van der Waals surface area contributed by atoms with Gasteiger partial charge in [-0.05, 0) is 70.1 Å². The summed E-state index contributed by atoms with van der Waals surface area (Å²) in [6.07, 6.45) is 8.65. The fraction of sp³-hybridized carbons (Fsp3) is 0.765. The van der Waals surface area contributed by atoms with E-state index in [-0.39, 0.29) is 29.4 Å². The van der Waals surface area contributed by atoms with Crippen LogP contribution in [0.25, 0.3) is 11.0 Å². The number of nitrogens with one attached hydrogen (secondary N) is 3. The molecule has 10 nitrogen and oxygen atoms in total. The van der Waals surface area contributed by atoms with E-state index in [1.165, 1.54) is 19.3 Å². The van der Waals surface area contributed by atoms with Gasteiger partial charge in [-0.2, -0.15) is 0 Å². The van der Waals surface area contributed by atoms with Gasteiger partial charge in [-0.15, -0.1) is 11.6 Å². The number of rotatable bonds is 9. The lowest BCUT2D eigenvalue weighted by molar-refractivity contribution is -0.128. The summed E-state index contributed by atoms with van der Waals surface area (Å²) in [6, 6.07) is 6.53. The summed E-state index contributed by atoms with van der Waals surface area (Å²) in [5.41, 5.74) is 1.33. The molecule has 1 amide bonds. The molecule has 3 heterocycles. The number of benzene rings is 1. The van der Waals surface area contributed by atoms with E-state index in [4.69, 9.17) is 11.6 Å². The molecule has 5 rings (SSSR count). The first kappa shape index (κ1) is 34.2. The molecule has 1 aliphatic carbocycles. The predicted molar refractivity (Wildman–Crippen MR) is 182 cm³/mol.